The first-order chi connectivity index (χ1) is 11.9. The highest BCUT2D eigenvalue weighted by Gasteiger charge is 2.55. The van der Waals surface area contributed by atoms with Gasteiger partial charge in [0.2, 0.25) is 5.06 Å². The summed E-state index contributed by atoms with van der Waals surface area (Å²) in [6.07, 6.45) is -5.52. The summed E-state index contributed by atoms with van der Waals surface area (Å²) in [6.45, 7) is 2.67. The maximum Gasteiger partial charge on any atom is 0.330 e. The number of hydrogen-bond donors (Lipinski definition) is 4. The van der Waals surface area contributed by atoms with Gasteiger partial charge in [-0.05, 0) is 5.92 Å². The number of rotatable bonds is 5. The lowest BCUT2D eigenvalue weighted by molar-refractivity contribution is -0.156. The predicted octanol–water partition coefficient (Wildman–Crippen LogP) is -1.75. The molecule has 1 aliphatic heterocycles. The minimum Gasteiger partial charge on any atom is -0.460 e. The minimum atomic E-state index is -2.56. The van der Waals surface area contributed by atoms with Crippen molar-refractivity contribution in [1.82, 2.24) is 9.55 Å². The molecule has 5 atom stereocenters. The molecule has 0 aromatic carbocycles. The van der Waals surface area contributed by atoms with E-state index in [1.165, 1.54) is 0 Å². The van der Waals surface area contributed by atoms with E-state index in [4.69, 9.17) is 28.2 Å². The average molecular weight is 379 g/mol. The molecule has 5 N–H and O–H groups in total. The lowest BCUT2D eigenvalue weighted by atomic mass is 10.1. The highest BCUT2D eigenvalue weighted by Crippen LogP contribution is 2.39. The van der Waals surface area contributed by atoms with Crippen molar-refractivity contribution in [2.45, 2.75) is 43.4 Å². The number of carbonyl (C=O) groups is 1. The topological polar surface area (TPSA) is 157 Å². The molecule has 2 heterocycles. The molecule has 1 aromatic heterocycles. The van der Waals surface area contributed by atoms with E-state index in [1.54, 1.807) is 13.8 Å². The van der Waals surface area contributed by atoms with E-state index in [-0.39, 0.29) is 5.92 Å². The molecule has 0 spiro atoms. The number of nitrogens with two attached hydrogens (primary N) is 1. The van der Waals surface area contributed by atoms with Crippen LogP contribution in [0.1, 0.15) is 21.4 Å². The third-order valence-corrected chi connectivity index (χ3v) is 4.14. The number of aliphatic hydroxyl groups is 2. The van der Waals surface area contributed by atoms with Gasteiger partial charge in [0, 0.05) is 12.3 Å². The molecule has 1 aromatic rings. The Bertz CT molecular complexity index is 799. The molecule has 0 bridgehead atoms. The van der Waals surface area contributed by atoms with Crippen molar-refractivity contribution in [3.63, 3.8) is 0 Å². The summed E-state index contributed by atoms with van der Waals surface area (Å²) in [5.74, 6) is -1.03. The number of nitrogens with zero attached hydrogens (tertiary/aromatic N) is 1. The molecule has 11 heteroatoms. The van der Waals surface area contributed by atoms with Gasteiger partial charge >= 0.3 is 11.7 Å². The zero-order valence-electron chi connectivity index (χ0n) is 14.5. The fourth-order valence-electron chi connectivity index (χ4n) is 2.10. The minimum absolute atomic E-state index is 0.219. The van der Waals surface area contributed by atoms with Crippen LogP contribution in [-0.4, -0.2) is 55.7 Å². The summed E-state index contributed by atoms with van der Waals surface area (Å²) in [5, 5.41) is 18.2. The van der Waals surface area contributed by atoms with Gasteiger partial charge in [0.25, 0.3) is 5.56 Å². The van der Waals surface area contributed by atoms with Gasteiger partial charge in [-0.1, -0.05) is 25.4 Å². The van der Waals surface area contributed by atoms with Crippen LogP contribution in [-0.2, 0) is 14.3 Å². The van der Waals surface area contributed by atoms with Gasteiger partial charge in [-0.15, -0.1) is 0 Å². The number of carbonyl (C=O) groups excluding carboxylic acids is 1. The van der Waals surface area contributed by atoms with Gasteiger partial charge in [-0.3, -0.25) is 19.1 Å². The smallest absolute Gasteiger partial charge is 0.330 e. The average Bonchev–Trinajstić information content (AvgIpc) is 2.73. The van der Waals surface area contributed by atoms with Crippen molar-refractivity contribution in [3.05, 3.63) is 33.1 Å². The van der Waals surface area contributed by atoms with Crippen LogP contribution < -0.4 is 17.0 Å². The Kier molecular flexibility index (Phi) is 5.25. The van der Waals surface area contributed by atoms with Crippen molar-refractivity contribution in [1.29, 1.82) is 0 Å². The maximum atomic E-state index is 11.9. The third kappa shape index (κ3) is 3.93. The van der Waals surface area contributed by atoms with Crippen molar-refractivity contribution < 1.29 is 25.9 Å². The van der Waals surface area contributed by atoms with Gasteiger partial charge in [-0.25, -0.2) is 4.79 Å². The van der Waals surface area contributed by atoms with Crippen LogP contribution in [0.25, 0.3) is 0 Å². The zero-order valence-corrected chi connectivity index (χ0v) is 14.3. The Morgan fingerprint density at radius 1 is 1.60 bits per heavy atom. The van der Waals surface area contributed by atoms with Crippen molar-refractivity contribution in [2.75, 3.05) is 6.61 Å². The number of alkyl halides is 1. The van der Waals surface area contributed by atoms with Gasteiger partial charge in [-0.2, -0.15) is 0 Å². The number of aromatic nitrogens is 2. The number of aromatic amines is 1. The summed E-state index contributed by atoms with van der Waals surface area (Å²) >= 11 is 6.10. The number of hydrogen-bond acceptors (Lipinski definition) is 8. The SMILES string of the molecule is [2H][C@@]1(n2ccc(=O)[nH]c2=O)O[C@](Cl)(COC(=O)[C@@H](N)C(C)C)[C@@H](O)[C@H]1O. The second-order valence-corrected chi connectivity index (χ2v) is 6.61. The molecular formula is C14H20ClN3O7. The molecule has 25 heavy (non-hydrogen) atoms. The molecule has 1 aliphatic rings. The molecule has 1 saturated heterocycles. The number of ether oxygens (including phenoxy) is 2. The first-order valence-corrected chi connectivity index (χ1v) is 7.80. The Labute approximate surface area is 148 Å². The molecule has 140 valence electrons. The monoisotopic (exact) mass is 378 g/mol. The number of halogens is 1. The molecular weight excluding hydrogens is 358 g/mol. The first kappa shape index (κ1) is 18.1. The number of esters is 1. The normalized spacial score (nSPS) is 34.0. The fraction of sp³-hybridized carbons (Fsp3) is 0.643. The van der Waals surface area contributed by atoms with E-state index in [0.717, 1.165) is 12.3 Å². The van der Waals surface area contributed by atoms with Crippen LogP contribution in [0.3, 0.4) is 0 Å². The highest BCUT2D eigenvalue weighted by atomic mass is 35.5. The number of H-pyrrole nitrogens is 1. The Morgan fingerprint density at radius 3 is 2.80 bits per heavy atom. The molecule has 0 amide bonds. The van der Waals surface area contributed by atoms with E-state index in [0.29, 0.717) is 4.57 Å². The zero-order chi connectivity index (χ0) is 19.9. The standard InChI is InChI=1S/C14H20ClN3O7/c1-6(2)8(16)12(22)24-5-14(15)10(21)9(20)11(25-14)18-4-3-7(19)17-13(18)23/h3-4,6,8-11,20-21H,5,16H2,1-2H3,(H,17,19,23)/t8-,9+,10-,11+,14+/m0/s1/i11D. The largest absolute Gasteiger partial charge is 0.460 e. The van der Waals surface area contributed by atoms with E-state index >= 15 is 0 Å². The van der Waals surface area contributed by atoms with Crippen molar-refractivity contribution in [3.8, 4) is 0 Å². The van der Waals surface area contributed by atoms with Crippen LogP contribution in [0.15, 0.2) is 21.9 Å². The summed E-state index contributed by atoms with van der Waals surface area (Å²) in [4.78, 5) is 36.8. The second-order valence-electron chi connectivity index (χ2n) is 5.97. The summed E-state index contributed by atoms with van der Waals surface area (Å²) in [5.41, 5.74) is 3.86. The number of aliphatic hydroxyl groups excluding tert-OH is 2. The first-order valence-electron chi connectivity index (χ1n) is 7.92. The van der Waals surface area contributed by atoms with Gasteiger partial charge in [0.1, 0.15) is 24.9 Å². The quantitative estimate of drug-likeness (QED) is 0.347. The Morgan fingerprint density at radius 2 is 2.24 bits per heavy atom. The lowest BCUT2D eigenvalue weighted by Gasteiger charge is -2.25. The van der Waals surface area contributed by atoms with Gasteiger partial charge < -0.3 is 25.4 Å². The van der Waals surface area contributed by atoms with Crippen LogP contribution in [0.4, 0.5) is 0 Å². The molecule has 0 aliphatic carbocycles. The second kappa shape index (κ2) is 7.26. The van der Waals surface area contributed by atoms with Crippen LogP contribution >= 0.6 is 11.6 Å². The molecule has 0 saturated carbocycles. The van der Waals surface area contributed by atoms with E-state index in [1.807, 2.05) is 4.98 Å². The summed E-state index contributed by atoms with van der Waals surface area (Å²) in [7, 11) is 0. The molecule has 10 nitrogen and oxygen atoms in total. The van der Waals surface area contributed by atoms with Crippen molar-refractivity contribution in [2.24, 2.45) is 11.7 Å². The highest BCUT2D eigenvalue weighted by molar-refractivity contribution is 6.23. The number of nitrogens with one attached hydrogen (secondary N) is 1. The maximum absolute atomic E-state index is 11.9. The molecule has 2 rings (SSSR count). The van der Waals surface area contributed by atoms with Crippen LogP contribution in [0.2, 0.25) is 0 Å². The fourth-order valence-corrected chi connectivity index (χ4v) is 2.35. The lowest BCUT2D eigenvalue weighted by Crippen LogP contribution is -2.45. The molecule has 0 radical (unpaired) electrons. The summed E-state index contributed by atoms with van der Waals surface area (Å²) < 4.78 is 18.9. The van der Waals surface area contributed by atoms with Crippen LogP contribution in [0, 0.1) is 5.92 Å². The van der Waals surface area contributed by atoms with Gasteiger partial charge in [0.15, 0.2) is 6.20 Å². The third-order valence-electron chi connectivity index (χ3n) is 3.73. The Balaban J connectivity index is 2.26. The van der Waals surface area contributed by atoms with E-state index in [2.05, 4.69) is 0 Å². The molecule has 0 unspecified atom stereocenters. The van der Waals surface area contributed by atoms with E-state index < -0.39 is 53.3 Å². The predicted molar refractivity (Wildman–Crippen MR) is 85.8 cm³/mol. The van der Waals surface area contributed by atoms with Gasteiger partial charge in [0.05, 0.1) is 1.37 Å². The summed E-state index contributed by atoms with van der Waals surface area (Å²) in [6, 6.07) is -0.0166. The van der Waals surface area contributed by atoms with Crippen LogP contribution in [0.5, 0.6) is 0 Å². The Hall–Kier alpha value is -1.72. The van der Waals surface area contributed by atoms with Crippen molar-refractivity contribution >= 4 is 17.6 Å². The van der Waals surface area contributed by atoms with E-state index in [9.17, 15) is 24.6 Å². The molecule has 1 fully saturated rings.